The van der Waals surface area contributed by atoms with Gasteiger partial charge in [0.15, 0.2) is 0 Å². The molecule has 0 aliphatic heterocycles. The number of nitrogens with one attached hydrogen (secondary N) is 1. The van der Waals surface area contributed by atoms with Crippen molar-refractivity contribution in [2.24, 2.45) is 11.5 Å². The molecule has 10 nitrogen and oxygen atoms in total. The van der Waals surface area contributed by atoms with Crippen molar-refractivity contribution in [3.63, 3.8) is 0 Å². The number of carboxylic acids is 3. The molecule has 0 radical (unpaired) electrons. The fourth-order valence-corrected chi connectivity index (χ4v) is 0.991. The van der Waals surface area contributed by atoms with E-state index in [0.29, 0.717) is 5.69 Å². The third-order valence-corrected chi connectivity index (χ3v) is 2.01. The molecule has 0 unspecified atom stereocenters. The summed E-state index contributed by atoms with van der Waals surface area (Å²) in [5.74, 6) is -3.50. The summed E-state index contributed by atoms with van der Waals surface area (Å²) in [6, 6.07) is -2.15. The number of carboxylic acid groups (broad SMARTS) is 3. The quantitative estimate of drug-likeness (QED) is 0.351. The summed E-state index contributed by atoms with van der Waals surface area (Å²) < 4.78 is 0. The van der Waals surface area contributed by atoms with E-state index in [1.165, 1.54) is 6.33 Å². The molecule has 10 heteroatoms. The van der Waals surface area contributed by atoms with E-state index in [9.17, 15) is 14.4 Å². The van der Waals surface area contributed by atoms with Crippen LogP contribution in [0.25, 0.3) is 0 Å². The zero-order chi connectivity index (χ0) is 15.7. The second-order valence-corrected chi connectivity index (χ2v) is 3.75. The van der Waals surface area contributed by atoms with E-state index in [1.54, 1.807) is 6.20 Å². The van der Waals surface area contributed by atoms with Gasteiger partial charge in [0.1, 0.15) is 12.1 Å². The lowest BCUT2D eigenvalue weighted by molar-refractivity contribution is -0.144. The van der Waals surface area contributed by atoms with Crippen LogP contribution < -0.4 is 11.5 Å². The van der Waals surface area contributed by atoms with Gasteiger partial charge in [-0.05, 0) is 0 Å². The maximum absolute atomic E-state index is 10.3. The largest absolute Gasteiger partial charge is 0.481 e. The third-order valence-electron chi connectivity index (χ3n) is 2.01. The molecule has 0 fully saturated rings. The van der Waals surface area contributed by atoms with Crippen molar-refractivity contribution < 1.29 is 29.7 Å². The summed E-state index contributed by atoms with van der Waals surface area (Å²) in [6.45, 7) is 0. The molecule has 0 aliphatic carbocycles. The van der Waals surface area contributed by atoms with Gasteiger partial charge in [0, 0.05) is 12.6 Å². The highest BCUT2D eigenvalue weighted by molar-refractivity contribution is 5.80. The minimum Gasteiger partial charge on any atom is -0.481 e. The summed E-state index contributed by atoms with van der Waals surface area (Å²) in [7, 11) is 0. The molecule has 0 amide bonds. The van der Waals surface area contributed by atoms with E-state index in [2.05, 4.69) is 9.97 Å². The minimum atomic E-state index is -1.29. The Morgan fingerprint density at radius 2 is 1.70 bits per heavy atom. The Kier molecular flexibility index (Phi) is 7.55. The van der Waals surface area contributed by atoms with E-state index in [1.807, 2.05) is 0 Å². The molecular weight excluding hydrogens is 272 g/mol. The van der Waals surface area contributed by atoms with E-state index in [0.717, 1.165) is 0 Å². The molecule has 0 aliphatic rings. The van der Waals surface area contributed by atoms with Gasteiger partial charge in [-0.25, -0.2) is 4.98 Å². The molecule has 1 aromatic rings. The third kappa shape index (κ3) is 7.79. The van der Waals surface area contributed by atoms with Gasteiger partial charge >= 0.3 is 17.9 Å². The molecule has 8 N–H and O–H groups in total. The van der Waals surface area contributed by atoms with Gasteiger partial charge in [-0.3, -0.25) is 14.4 Å². The van der Waals surface area contributed by atoms with Crippen LogP contribution in [-0.4, -0.2) is 55.3 Å². The highest BCUT2D eigenvalue weighted by Gasteiger charge is 2.14. The zero-order valence-electron chi connectivity index (χ0n) is 10.4. The van der Waals surface area contributed by atoms with E-state index in [4.69, 9.17) is 26.8 Å². The highest BCUT2D eigenvalue weighted by atomic mass is 16.4. The van der Waals surface area contributed by atoms with Crippen molar-refractivity contribution in [3.05, 3.63) is 18.2 Å². The SMILES string of the molecule is N[C@@H](CC(=O)O)C(=O)O.N[C@@H](Cc1c[nH]cn1)C(=O)O. The van der Waals surface area contributed by atoms with Crippen LogP contribution in [0.2, 0.25) is 0 Å². The fraction of sp³-hybridized carbons (Fsp3) is 0.400. The number of hydrogen-bond donors (Lipinski definition) is 6. The number of aromatic nitrogens is 2. The Balaban J connectivity index is 0.000000370. The Morgan fingerprint density at radius 1 is 1.15 bits per heavy atom. The molecular formula is C10H16N4O6. The summed E-state index contributed by atoms with van der Waals surface area (Å²) in [4.78, 5) is 36.4. The first-order chi connectivity index (χ1) is 9.23. The molecule has 0 aromatic carbocycles. The topological polar surface area (TPSA) is 193 Å². The Bertz CT molecular complexity index is 447. The van der Waals surface area contributed by atoms with Crippen LogP contribution in [0.1, 0.15) is 12.1 Å². The number of aromatic amines is 1. The normalized spacial score (nSPS) is 12.7. The lowest BCUT2D eigenvalue weighted by Crippen LogP contribution is -2.32. The van der Waals surface area contributed by atoms with Crippen molar-refractivity contribution in [1.82, 2.24) is 9.97 Å². The van der Waals surface area contributed by atoms with Crippen LogP contribution in [-0.2, 0) is 20.8 Å². The lowest BCUT2D eigenvalue weighted by atomic mass is 10.2. The zero-order valence-corrected chi connectivity index (χ0v) is 10.4. The smallest absolute Gasteiger partial charge is 0.321 e. The predicted octanol–water partition coefficient (Wildman–Crippen LogP) is -1.76. The Morgan fingerprint density at radius 3 is 2.00 bits per heavy atom. The average molecular weight is 288 g/mol. The standard InChI is InChI=1S/C6H9N3O2.C4H7NO4/c7-5(6(10)11)1-4-2-8-3-9-4;5-2(4(8)9)1-3(6)7/h2-3,5H,1,7H2,(H,8,9)(H,10,11);2H,1,5H2,(H,6,7)(H,8,9)/t5-;2-/m00/s1. The molecule has 0 spiro atoms. The molecule has 20 heavy (non-hydrogen) atoms. The molecule has 0 bridgehead atoms. The molecule has 112 valence electrons. The summed E-state index contributed by atoms with van der Waals surface area (Å²) in [5.41, 5.74) is 10.8. The fourth-order valence-electron chi connectivity index (χ4n) is 0.991. The summed E-state index contributed by atoms with van der Waals surface area (Å²) in [6.07, 6.45) is 2.85. The monoisotopic (exact) mass is 288 g/mol. The first-order valence-corrected chi connectivity index (χ1v) is 5.40. The van der Waals surface area contributed by atoms with Crippen LogP contribution in [0.4, 0.5) is 0 Å². The van der Waals surface area contributed by atoms with Gasteiger partial charge in [-0.2, -0.15) is 0 Å². The van der Waals surface area contributed by atoms with Crippen molar-refractivity contribution in [3.8, 4) is 0 Å². The molecule has 0 saturated heterocycles. The van der Waals surface area contributed by atoms with E-state index < -0.39 is 36.4 Å². The van der Waals surface area contributed by atoms with Crippen LogP contribution >= 0.6 is 0 Å². The number of hydrogen-bond acceptors (Lipinski definition) is 6. The Hall–Kier alpha value is -2.46. The van der Waals surface area contributed by atoms with Crippen LogP contribution in [0, 0.1) is 0 Å². The van der Waals surface area contributed by atoms with Crippen molar-refractivity contribution in [2.75, 3.05) is 0 Å². The number of rotatable bonds is 6. The average Bonchev–Trinajstić information content (AvgIpc) is 2.81. The van der Waals surface area contributed by atoms with E-state index in [-0.39, 0.29) is 6.42 Å². The lowest BCUT2D eigenvalue weighted by Gasteiger charge is -2.01. The van der Waals surface area contributed by atoms with Gasteiger partial charge in [0.05, 0.1) is 18.4 Å². The van der Waals surface area contributed by atoms with Gasteiger partial charge < -0.3 is 31.8 Å². The number of imidazole rings is 1. The maximum Gasteiger partial charge on any atom is 0.321 e. The first kappa shape index (κ1) is 17.5. The van der Waals surface area contributed by atoms with Crippen LogP contribution in [0.3, 0.4) is 0 Å². The van der Waals surface area contributed by atoms with Crippen LogP contribution in [0.5, 0.6) is 0 Å². The minimum absolute atomic E-state index is 0.263. The second kappa shape index (κ2) is 8.61. The number of nitrogens with zero attached hydrogens (tertiary/aromatic N) is 1. The highest BCUT2D eigenvalue weighted by Crippen LogP contribution is 1.95. The van der Waals surface area contributed by atoms with Gasteiger partial charge in [0.25, 0.3) is 0 Å². The molecule has 1 rings (SSSR count). The predicted molar refractivity (Wildman–Crippen MR) is 65.8 cm³/mol. The molecule has 1 aromatic heterocycles. The number of H-pyrrole nitrogens is 1. The van der Waals surface area contributed by atoms with Gasteiger partial charge in [0.2, 0.25) is 0 Å². The maximum atomic E-state index is 10.3. The summed E-state index contributed by atoms with van der Waals surface area (Å²) >= 11 is 0. The van der Waals surface area contributed by atoms with E-state index >= 15 is 0 Å². The van der Waals surface area contributed by atoms with Crippen molar-refractivity contribution in [1.29, 1.82) is 0 Å². The van der Waals surface area contributed by atoms with Crippen molar-refractivity contribution in [2.45, 2.75) is 24.9 Å². The van der Waals surface area contributed by atoms with Crippen molar-refractivity contribution >= 4 is 17.9 Å². The van der Waals surface area contributed by atoms with Crippen LogP contribution in [0.15, 0.2) is 12.5 Å². The molecule has 0 saturated carbocycles. The number of nitrogens with two attached hydrogens (primary N) is 2. The molecule has 2 atom stereocenters. The van der Waals surface area contributed by atoms with Gasteiger partial charge in [-0.1, -0.05) is 0 Å². The first-order valence-electron chi connectivity index (χ1n) is 5.40. The molecule has 1 heterocycles. The number of aliphatic carboxylic acids is 3. The number of carbonyl (C=O) groups is 3. The summed E-state index contributed by atoms with van der Waals surface area (Å²) in [5, 5.41) is 24.4. The van der Waals surface area contributed by atoms with Gasteiger partial charge in [-0.15, -0.1) is 0 Å². The second-order valence-electron chi connectivity index (χ2n) is 3.75. The Labute approximate surface area is 113 Å².